The van der Waals surface area contributed by atoms with Crippen molar-refractivity contribution >= 4 is 21.9 Å². The monoisotopic (exact) mass is 343 g/mol. The summed E-state index contributed by atoms with van der Waals surface area (Å²) in [6, 6.07) is 4.59. The van der Waals surface area contributed by atoms with Gasteiger partial charge in [-0.05, 0) is 57.5 Å². The number of carbonyl (C=O) groups is 1. The van der Waals surface area contributed by atoms with Gasteiger partial charge in [0, 0.05) is 10.4 Å². The summed E-state index contributed by atoms with van der Waals surface area (Å²) in [5, 5.41) is 3.17. The fourth-order valence-electron chi connectivity index (χ4n) is 2.21. The van der Waals surface area contributed by atoms with Crippen LogP contribution in [0.4, 0.5) is 4.39 Å². The first-order valence-electron chi connectivity index (χ1n) is 6.68. The molecule has 110 valence electrons. The number of ether oxygens (including phenoxy) is 1. The predicted molar refractivity (Wildman–Crippen MR) is 78.8 cm³/mol. The van der Waals surface area contributed by atoms with Crippen molar-refractivity contribution in [3.8, 4) is 0 Å². The average molecular weight is 344 g/mol. The Hall–Kier alpha value is -0.940. The van der Waals surface area contributed by atoms with Gasteiger partial charge in [0.1, 0.15) is 5.82 Å². The van der Waals surface area contributed by atoms with Gasteiger partial charge in [-0.2, -0.15) is 0 Å². The third-order valence-corrected chi connectivity index (χ3v) is 4.09. The van der Waals surface area contributed by atoms with Crippen LogP contribution in [0.15, 0.2) is 22.7 Å². The van der Waals surface area contributed by atoms with Crippen molar-refractivity contribution in [2.24, 2.45) is 5.41 Å². The predicted octanol–water partition coefficient (Wildman–Crippen LogP) is 3.58. The first-order valence-corrected chi connectivity index (χ1v) is 7.48. The Kier molecular flexibility index (Phi) is 4.49. The van der Waals surface area contributed by atoms with Crippen LogP contribution in [0.1, 0.15) is 38.7 Å². The molecule has 1 aliphatic heterocycles. The van der Waals surface area contributed by atoms with Crippen LogP contribution in [0.3, 0.4) is 0 Å². The quantitative estimate of drug-likeness (QED) is 0.834. The zero-order valence-electron chi connectivity index (χ0n) is 11.9. The van der Waals surface area contributed by atoms with Gasteiger partial charge in [-0.25, -0.2) is 4.39 Å². The fourth-order valence-corrected chi connectivity index (χ4v) is 2.75. The van der Waals surface area contributed by atoms with E-state index in [1.165, 1.54) is 12.1 Å². The molecule has 2 rings (SSSR count). The average Bonchev–Trinajstić information content (AvgIpc) is 2.79. The highest BCUT2D eigenvalue weighted by atomic mass is 79.9. The second-order valence-electron chi connectivity index (χ2n) is 6.09. The molecule has 1 N–H and O–H groups in total. The summed E-state index contributed by atoms with van der Waals surface area (Å²) in [4.78, 5) is 12.0. The van der Waals surface area contributed by atoms with E-state index in [1.807, 2.05) is 20.8 Å². The first-order chi connectivity index (χ1) is 9.29. The zero-order valence-corrected chi connectivity index (χ0v) is 13.5. The second kappa shape index (κ2) is 5.82. The largest absolute Gasteiger partial charge is 0.445 e. The van der Waals surface area contributed by atoms with Crippen LogP contribution in [-0.2, 0) is 9.53 Å². The van der Waals surface area contributed by atoms with E-state index in [2.05, 4.69) is 21.2 Å². The van der Waals surface area contributed by atoms with Gasteiger partial charge in [-0.3, -0.25) is 10.1 Å². The molecular weight excluding hydrogens is 325 g/mol. The van der Waals surface area contributed by atoms with Crippen molar-refractivity contribution in [2.75, 3.05) is 6.54 Å². The van der Waals surface area contributed by atoms with Crippen LogP contribution in [0.5, 0.6) is 0 Å². The molecule has 0 bridgehead atoms. The standard InChI is InChI=1S/C15H19BrFNO2/c1-15(2,3)14(19)20-13-10(6-7-18-13)11-8-9(17)4-5-12(11)16/h4-5,8,10,13,18H,6-7H2,1-3H3. The Morgan fingerprint density at radius 2 is 2.15 bits per heavy atom. The van der Waals surface area contributed by atoms with Gasteiger partial charge in [-0.1, -0.05) is 15.9 Å². The molecule has 1 saturated heterocycles. The molecular formula is C15H19BrFNO2. The molecule has 0 saturated carbocycles. The van der Waals surface area contributed by atoms with Gasteiger partial charge >= 0.3 is 5.97 Å². The van der Waals surface area contributed by atoms with Crippen LogP contribution in [0.2, 0.25) is 0 Å². The maximum Gasteiger partial charge on any atom is 0.312 e. The number of esters is 1. The van der Waals surface area contributed by atoms with Crippen molar-refractivity contribution in [3.63, 3.8) is 0 Å². The number of benzene rings is 1. The third-order valence-electron chi connectivity index (χ3n) is 3.37. The molecule has 2 unspecified atom stereocenters. The minimum atomic E-state index is -0.548. The second-order valence-corrected chi connectivity index (χ2v) is 6.95. The van der Waals surface area contributed by atoms with E-state index in [9.17, 15) is 9.18 Å². The van der Waals surface area contributed by atoms with E-state index in [4.69, 9.17) is 4.74 Å². The van der Waals surface area contributed by atoms with Crippen molar-refractivity contribution < 1.29 is 13.9 Å². The Labute approximate surface area is 127 Å². The third kappa shape index (κ3) is 3.38. The van der Waals surface area contributed by atoms with Gasteiger partial charge in [0.2, 0.25) is 0 Å². The van der Waals surface area contributed by atoms with Crippen LogP contribution in [0, 0.1) is 11.2 Å². The van der Waals surface area contributed by atoms with Crippen molar-refractivity contribution in [2.45, 2.75) is 39.3 Å². The smallest absolute Gasteiger partial charge is 0.312 e. The molecule has 0 radical (unpaired) electrons. The van der Waals surface area contributed by atoms with Crippen molar-refractivity contribution in [3.05, 3.63) is 34.1 Å². The minimum absolute atomic E-state index is 0.0358. The van der Waals surface area contributed by atoms with E-state index >= 15 is 0 Å². The number of halogens is 2. The van der Waals surface area contributed by atoms with E-state index < -0.39 is 11.6 Å². The molecule has 1 aliphatic rings. The molecule has 5 heteroatoms. The number of rotatable bonds is 2. The number of nitrogens with one attached hydrogen (secondary N) is 1. The van der Waals surface area contributed by atoms with Gasteiger partial charge in [0.05, 0.1) is 5.41 Å². The summed E-state index contributed by atoms with van der Waals surface area (Å²) in [7, 11) is 0. The molecule has 1 aromatic rings. The molecule has 1 heterocycles. The molecule has 0 aliphatic carbocycles. The Morgan fingerprint density at radius 3 is 2.80 bits per heavy atom. The lowest BCUT2D eigenvalue weighted by Gasteiger charge is -2.25. The van der Waals surface area contributed by atoms with Crippen LogP contribution < -0.4 is 5.32 Å². The molecule has 3 nitrogen and oxygen atoms in total. The van der Waals surface area contributed by atoms with E-state index in [0.29, 0.717) is 0 Å². The van der Waals surface area contributed by atoms with Crippen molar-refractivity contribution in [1.82, 2.24) is 5.32 Å². The topological polar surface area (TPSA) is 38.3 Å². The first kappa shape index (κ1) is 15.4. The summed E-state index contributed by atoms with van der Waals surface area (Å²) in [5.74, 6) is -0.572. The normalized spacial score (nSPS) is 22.9. The zero-order chi connectivity index (χ0) is 14.9. The molecule has 1 fully saturated rings. The molecule has 0 amide bonds. The lowest BCUT2D eigenvalue weighted by Crippen LogP contribution is -2.36. The molecule has 0 aromatic heterocycles. The van der Waals surface area contributed by atoms with E-state index in [1.54, 1.807) is 6.07 Å². The Balaban J connectivity index is 2.19. The fraction of sp³-hybridized carbons (Fsp3) is 0.533. The maximum absolute atomic E-state index is 13.4. The highest BCUT2D eigenvalue weighted by molar-refractivity contribution is 9.10. The van der Waals surface area contributed by atoms with Gasteiger partial charge in [0.25, 0.3) is 0 Å². The summed E-state index contributed by atoms with van der Waals surface area (Å²) in [5.41, 5.74) is 0.287. The number of hydrogen-bond acceptors (Lipinski definition) is 3. The molecule has 0 spiro atoms. The van der Waals surface area contributed by atoms with Crippen LogP contribution >= 0.6 is 15.9 Å². The van der Waals surface area contributed by atoms with Gasteiger partial charge in [0.15, 0.2) is 6.23 Å². The summed E-state index contributed by atoms with van der Waals surface area (Å²) >= 11 is 3.44. The summed E-state index contributed by atoms with van der Waals surface area (Å²) in [6.45, 7) is 6.20. The summed E-state index contributed by atoms with van der Waals surface area (Å²) < 4.78 is 19.8. The summed E-state index contributed by atoms with van der Waals surface area (Å²) in [6.07, 6.45) is 0.407. The van der Waals surface area contributed by atoms with Crippen LogP contribution in [0.25, 0.3) is 0 Å². The molecule has 2 atom stereocenters. The Morgan fingerprint density at radius 1 is 1.45 bits per heavy atom. The maximum atomic E-state index is 13.4. The van der Waals surface area contributed by atoms with Crippen molar-refractivity contribution in [1.29, 1.82) is 0 Å². The SMILES string of the molecule is CC(C)(C)C(=O)OC1NCCC1c1cc(F)ccc1Br. The van der Waals surface area contributed by atoms with E-state index in [-0.39, 0.29) is 17.7 Å². The highest BCUT2D eigenvalue weighted by Crippen LogP contribution is 2.34. The molecule has 20 heavy (non-hydrogen) atoms. The van der Waals surface area contributed by atoms with Gasteiger partial charge < -0.3 is 4.74 Å². The van der Waals surface area contributed by atoms with E-state index in [0.717, 1.165) is 23.0 Å². The lowest BCUT2D eigenvalue weighted by atomic mass is 9.95. The minimum Gasteiger partial charge on any atom is -0.445 e. The number of hydrogen-bond donors (Lipinski definition) is 1. The molecule has 1 aromatic carbocycles. The number of carbonyl (C=O) groups excluding carboxylic acids is 1. The Bertz CT molecular complexity index is 513. The van der Waals surface area contributed by atoms with Crippen LogP contribution in [-0.4, -0.2) is 18.7 Å². The highest BCUT2D eigenvalue weighted by Gasteiger charge is 2.35. The lowest BCUT2D eigenvalue weighted by molar-refractivity contribution is -0.160. The van der Waals surface area contributed by atoms with Gasteiger partial charge in [-0.15, -0.1) is 0 Å².